The van der Waals surface area contributed by atoms with Gasteiger partial charge in [0, 0.05) is 10.3 Å². The second-order valence-electron chi connectivity index (χ2n) is 4.86. The van der Waals surface area contributed by atoms with Crippen LogP contribution in [-0.4, -0.2) is 19.7 Å². The van der Waals surface area contributed by atoms with Gasteiger partial charge in [-0.25, -0.2) is 4.79 Å². The highest BCUT2D eigenvalue weighted by Crippen LogP contribution is 2.27. The fraction of sp³-hybridized carbons (Fsp3) is 0.167. The van der Waals surface area contributed by atoms with Crippen molar-refractivity contribution in [2.24, 2.45) is 0 Å². The Labute approximate surface area is 138 Å². The zero-order valence-electron chi connectivity index (χ0n) is 12.7. The molecule has 0 aliphatic heterocycles. The average molecular weight is 328 g/mol. The Morgan fingerprint density at radius 2 is 1.78 bits per heavy atom. The van der Waals surface area contributed by atoms with Gasteiger partial charge in [-0.1, -0.05) is 30.3 Å². The van der Waals surface area contributed by atoms with Crippen LogP contribution in [0.1, 0.15) is 5.56 Å². The lowest BCUT2D eigenvalue weighted by Gasteiger charge is -2.10. The lowest BCUT2D eigenvalue weighted by molar-refractivity contribution is -0.147. The molecule has 1 heterocycles. The van der Waals surface area contributed by atoms with Gasteiger partial charge < -0.3 is 14.2 Å². The summed E-state index contributed by atoms with van der Waals surface area (Å²) in [6.07, 6.45) is 0. The van der Waals surface area contributed by atoms with Crippen LogP contribution in [0.15, 0.2) is 53.9 Å². The molecule has 0 bridgehead atoms. The lowest BCUT2D eigenvalue weighted by Crippen LogP contribution is -2.15. The molecule has 0 unspecified atom stereocenters. The van der Waals surface area contributed by atoms with Crippen molar-refractivity contribution in [3.8, 4) is 11.5 Å². The van der Waals surface area contributed by atoms with Crippen LogP contribution in [-0.2, 0) is 16.1 Å². The first-order valence-electron chi connectivity index (χ1n) is 7.14. The molecule has 5 heteroatoms. The Morgan fingerprint density at radius 3 is 2.61 bits per heavy atom. The van der Waals surface area contributed by atoms with E-state index in [4.69, 9.17) is 14.2 Å². The molecule has 1 aromatic heterocycles. The Bertz CT molecular complexity index is 809. The van der Waals surface area contributed by atoms with Crippen LogP contribution in [0.4, 0.5) is 0 Å². The fourth-order valence-electron chi connectivity index (χ4n) is 2.22. The number of esters is 1. The van der Waals surface area contributed by atoms with Crippen molar-refractivity contribution in [1.82, 2.24) is 0 Å². The summed E-state index contributed by atoms with van der Waals surface area (Å²) in [7, 11) is 1.56. The highest BCUT2D eigenvalue weighted by molar-refractivity contribution is 7.17. The van der Waals surface area contributed by atoms with E-state index in [9.17, 15) is 4.79 Å². The average Bonchev–Trinajstić information content (AvgIpc) is 3.01. The molecule has 0 atom stereocenters. The number of thiophene rings is 1. The van der Waals surface area contributed by atoms with E-state index in [1.807, 2.05) is 35.7 Å². The van der Waals surface area contributed by atoms with Crippen LogP contribution in [0.5, 0.6) is 11.5 Å². The van der Waals surface area contributed by atoms with E-state index in [2.05, 4.69) is 6.07 Å². The molecule has 4 nitrogen and oxygen atoms in total. The molecule has 0 saturated carbocycles. The summed E-state index contributed by atoms with van der Waals surface area (Å²) in [4.78, 5) is 11.9. The zero-order valence-corrected chi connectivity index (χ0v) is 13.5. The summed E-state index contributed by atoms with van der Waals surface area (Å²) < 4.78 is 17.1. The summed E-state index contributed by atoms with van der Waals surface area (Å²) >= 11 is 1.64. The molecule has 0 aliphatic rings. The van der Waals surface area contributed by atoms with Crippen LogP contribution in [0.2, 0.25) is 0 Å². The maximum absolute atomic E-state index is 11.9. The molecule has 0 spiro atoms. The van der Waals surface area contributed by atoms with Crippen LogP contribution in [0.25, 0.3) is 10.1 Å². The number of rotatable bonds is 6. The van der Waals surface area contributed by atoms with Gasteiger partial charge in [-0.15, -0.1) is 11.3 Å². The quantitative estimate of drug-likeness (QED) is 0.641. The summed E-state index contributed by atoms with van der Waals surface area (Å²) in [5.41, 5.74) is 1.01. The van der Waals surface area contributed by atoms with Crippen LogP contribution in [0.3, 0.4) is 0 Å². The molecular weight excluding hydrogens is 312 g/mol. The van der Waals surface area contributed by atoms with Crippen molar-refractivity contribution in [1.29, 1.82) is 0 Å². The predicted molar refractivity (Wildman–Crippen MR) is 90.1 cm³/mol. The lowest BCUT2D eigenvalue weighted by atomic mass is 10.2. The van der Waals surface area contributed by atoms with Crippen molar-refractivity contribution in [2.75, 3.05) is 13.7 Å². The number of ether oxygens (including phenoxy) is 3. The monoisotopic (exact) mass is 328 g/mol. The number of fused-ring (bicyclic) bond motifs is 1. The molecule has 3 aromatic rings. The van der Waals surface area contributed by atoms with Crippen molar-refractivity contribution < 1.29 is 19.0 Å². The Hall–Kier alpha value is -2.53. The molecule has 118 valence electrons. The minimum Gasteiger partial charge on any atom is -0.493 e. The van der Waals surface area contributed by atoms with Gasteiger partial charge in [-0.3, -0.25) is 0 Å². The van der Waals surface area contributed by atoms with E-state index in [0.717, 1.165) is 10.9 Å². The Morgan fingerprint density at radius 1 is 1.04 bits per heavy atom. The van der Waals surface area contributed by atoms with E-state index < -0.39 is 5.97 Å². The number of benzene rings is 2. The maximum Gasteiger partial charge on any atom is 0.344 e. The molecule has 0 amide bonds. The molecule has 3 rings (SSSR count). The largest absolute Gasteiger partial charge is 0.493 e. The first kappa shape index (κ1) is 15.4. The van der Waals surface area contributed by atoms with Gasteiger partial charge in [0.1, 0.15) is 6.61 Å². The third-order valence-electron chi connectivity index (χ3n) is 3.36. The topological polar surface area (TPSA) is 44.8 Å². The standard InChI is InChI=1S/C18H16O4S/c1-20-15-7-3-4-8-16(15)21-11-18(19)22-10-13-12-23-17-9-5-2-6-14(13)17/h2-9,12H,10-11H2,1H3. The first-order chi connectivity index (χ1) is 11.3. The first-order valence-corrected chi connectivity index (χ1v) is 8.02. The van der Waals surface area contributed by atoms with Crippen LogP contribution >= 0.6 is 11.3 Å². The molecule has 23 heavy (non-hydrogen) atoms. The number of carbonyl (C=O) groups excluding carboxylic acids is 1. The Kier molecular flexibility index (Phi) is 4.78. The SMILES string of the molecule is COc1ccccc1OCC(=O)OCc1csc2ccccc12. The fourth-order valence-corrected chi connectivity index (χ4v) is 3.17. The summed E-state index contributed by atoms with van der Waals surface area (Å²) in [6, 6.07) is 15.2. The zero-order chi connectivity index (χ0) is 16.1. The molecule has 0 N–H and O–H groups in total. The minimum absolute atomic E-state index is 0.150. The van der Waals surface area contributed by atoms with Crippen molar-refractivity contribution >= 4 is 27.4 Å². The van der Waals surface area contributed by atoms with Gasteiger partial charge in [0.15, 0.2) is 18.1 Å². The smallest absolute Gasteiger partial charge is 0.344 e. The minimum atomic E-state index is -0.411. The van der Waals surface area contributed by atoms with Crippen LogP contribution < -0.4 is 9.47 Å². The summed E-state index contributed by atoms with van der Waals surface area (Å²) in [5, 5.41) is 3.13. The number of methoxy groups -OCH3 is 1. The van der Waals surface area contributed by atoms with E-state index in [0.29, 0.717) is 11.5 Å². The molecule has 0 aliphatic carbocycles. The third-order valence-corrected chi connectivity index (χ3v) is 4.38. The van der Waals surface area contributed by atoms with Gasteiger partial charge in [-0.2, -0.15) is 0 Å². The highest BCUT2D eigenvalue weighted by Gasteiger charge is 2.10. The van der Waals surface area contributed by atoms with Gasteiger partial charge in [-0.05, 0) is 29.0 Å². The van der Waals surface area contributed by atoms with E-state index in [1.54, 1.807) is 30.6 Å². The Balaban J connectivity index is 1.56. The van der Waals surface area contributed by atoms with Gasteiger partial charge >= 0.3 is 5.97 Å². The molecule has 0 fully saturated rings. The summed E-state index contributed by atoms with van der Waals surface area (Å²) in [6.45, 7) is 0.0978. The second-order valence-corrected chi connectivity index (χ2v) is 5.77. The van der Waals surface area contributed by atoms with Gasteiger partial charge in [0.25, 0.3) is 0 Å². The normalized spacial score (nSPS) is 10.5. The van der Waals surface area contributed by atoms with Gasteiger partial charge in [0.2, 0.25) is 0 Å². The highest BCUT2D eigenvalue weighted by atomic mass is 32.1. The summed E-state index contributed by atoms with van der Waals surface area (Å²) in [5.74, 6) is 0.697. The maximum atomic E-state index is 11.9. The predicted octanol–water partition coefficient (Wildman–Crippen LogP) is 4.03. The second kappa shape index (κ2) is 7.15. The molecule has 0 radical (unpaired) electrons. The number of para-hydroxylation sites is 2. The van der Waals surface area contributed by atoms with E-state index in [-0.39, 0.29) is 13.2 Å². The third kappa shape index (κ3) is 3.63. The van der Waals surface area contributed by atoms with Gasteiger partial charge in [0.05, 0.1) is 7.11 Å². The van der Waals surface area contributed by atoms with E-state index in [1.165, 1.54) is 4.70 Å². The molecule has 0 saturated heterocycles. The van der Waals surface area contributed by atoms with Crippen molar-refractivity contribution in [3.63, 3.8) is 0 Å². The number of hydrogen-bond donors (Lipinski definition) is 0. The molecular formula is C18H16O4S. The number of carbonyl (C=O) groups is 1. The van der Waals surface area contributed by atoms with Crippen molar-refractivity contribution in [2.45, 2.75) is 6.61 Å². The number of hydrogen-bond acceptors (Lipinski definition) is 5. The molecule has 2 aromatic carbocycles. The van der Waals surface area contributed by atoms with Crippen LogP contribution in [0, 0.1) is 0 Å². The van der Waals surface area contributed by atoms with E-state index >= 15 is 0 Å². The van der Waals surface area contributed by atoms with Crippen molar-refractivity contribution in [3.05, 3.63) is 59.5 Å².